The maximum absolute atomic E-state index is 5.26. The Balaban J connectivity index is 1.91. The van der Waals surface area contributed by atoms with Crippen LogP contribution in [0.2, 0.25) is 0 Å². The molecule has 2 N–H and O–H groups in total. The summed E-state index contributed by atoms with van der Waals surface area (Å²) in [5.74, 6) is 1.32. The van der Waals surface area contributed by atoms with Crippen molar-refractivity contribution in [2.45, 2.75) is 13.8 Å². The van der Waals surface area contributed by atoms with E-state index in [1.165, 1.54) is 4.68 Å². The highest BCUT2D eigenvalue weighted by Crippen LogP contribution is 2.15. The second kappa shape index (κ2) is 5.94. The highest BCUT2D eigenvalue weighted by atomic mass is 32.1. The van der Waals surface area contributed by atoms with Crippen LogP contribution in [0.4, 0.5) is 0 Å². The molecule has 0 bridgehead atoms. The van der Waals surface area contributed by atoms with Gasteiger partial charge in [0.05, 0.1) is 12.5 Å². The first-order valence-electron chi connectivity index (χ1n) is 6.59. The van der Waals surface area contributed by atoms with Crippen molar-refractivity contribution in [3.05, 3.63) is 46.3 Å². The Labute approximate surface area is 131 Å². The molecule has 112 valence electrons. The molecule has 0 aliphatic heterocycles. The molecule has 0 aliphatic rings. The summed E-state index contributed by atoms with van der Waals surface area (Å²) in [6.45, 7) is 3.84. The number of hydrogen-bond donors (Lipinski definition) is 2. The molecule has 0 amide bonds. The van der Waals surface area contributed by atoms with Crippen molar-refractivity contribution in [1.29, 1.82) is 0 Å². The third-order valence-corrected chi connectivity index (χ3v) is 3.14. The number of aryl methyl sites for hydroxylation is 1. The minimum Gasteiger partial charge on any atom is -0.465 e. The van der Waals surface area contributed by atoms with Gasteiger partial charge in [-0.05, 0) is 55.9 Å². The van der Waals surface area contributed by atoms with Crippen LogP contribution in [0.5, 0.6) is 0 Å². The van der Waals surface area contributed by atoms with E-state index in [0.29, 0.717) is 16.3 Å². The van der Waals surface area contributed by atoms with Crippen molar-refractivity contribution < 1.29 is 4.42 Å². The maximum atomic E-state index is 5.26. The summed E-state index contributed by atoms with van der Waals surface area (Å²) in [6, 6.07) is 5.59. The van der Waals surface area contributed by atoms with Gasteiger partial charge in [-0.1, -0.05) is 0 Å². The van der Waals surface area contributed by atoms with Crippen molar-refractivity contribution in [2.24, 2.45) is 5.10 Å². The van der Waals surface area contributed by atoms with Gasteiger partial charge in [0.2, 0.25) is 10.6 Å². The lowest BCUT2D eigenvalue weighted by Crippen LogP contribution is -1.95. The van der Waals surface area contributed by atoms with Crippen molar-refractivity contribution in [2.75, 3.05) is 0 Å². The fourth-order valence-electron chi connectivity index (χ4n) is 1.88. The first kappa shape index (κ1) is 14.2. The van der Waals surface area contributed by atoms with Crippen LogP contribution in [0, 0.1) is 11.7 Å². The van der Waals surface area contributed by atoms with Crippen LogP contribution in [-0.4, -0.2) is 31.3 Å². The molecule has 3 rings (SSSR count). The number of nitrogens with one attached hydrogen (secondary N) is 2. The molecule has 0 fully saturated rings. The van der Waals surface area contributed by atoms with Crippen LogP contribution in [0.1, 0.15) is 18.4 Å². The molecule has 0 spiro atoms. The normalized spacial score (nSPS) is 12.4. The quantitative estimate of drug-likeness (QED) is 0.572. The van der Waals surface area contributed by atoms with Crippen LogP contribution >= 0.6 is 12.2 Å². The van der Waals surface area contributed by atoms with Crippen LogP contribution in [-0.2, 0) is 0 Å². The molecule has 0 unspecified atom stereocenters. The number of aromatic amines is 2. The first-order chi connectivity index (χ1) is 10.6. The third kappa shape index (κ3) is 2.96. The van der Waals surface area contributed by atoms with E-state index in [9.17, 15) is 0 Å². The molecule has 3 heterocycles. The number of nitrogens with zero attached hydrogens (tertiary/aromatic N) is 4. The smallest absolute Gasteiger partial charge is 0.216 e. The summed E-state index contributed by atoms with van der Waals surface area (Å²) in [4.78, 5) is 0. The van der Waals surface area contributed by atoms with E-state index in [0.717, 1.165) is 17.0 Å². The first-order valence-corrected chi connectivity index (χ1v) is 7.00. The van der Waals surface area contributed by atoms with Crippen molar-refractivity contribution in [3.63, 3.8) is 0 Å². The molecule has 0 saturated heterocycles. The molecule has 0 aliphatic carbocycles. The molecule has 3 aromatic heterocycles. The average molecular weight is 314 g/mol. The second-order valence-corrected chi connectivity index (χ2v) is 5.14. The largest absolute Gasteiger partial charge is 0.465 e. The third-order valence-electron chi connectivity index (χ3n) is 2.88. The topological polar surface area (TPSA) is 87.8 Å². The van der Waals surface area contributed by atoms with Gasteiger partial charge in [-0.2, -0.15) is 20.0 Å². The van der Waals surface area contributed by atoms with Gasteiger partial charge in [-0.25, -0.2) is 5.10 Å². The Morgan fingerprint density at radius 2 is 2.27 bits per heavy atom. The summed E-state index contributed by atoms with van der Waals surface area (Å²) < 4.78 is 7.20. The van der Waals surface area contributed by atoms with E-state index in [1.54, 1.807) is 12.5 Å². The van der Waals surface area contributed by atoms with Gasteiger partial charge < -0.3 is 4.42 Å². The highest BCUT2D eigenvalue weighted by molar-refractivity contribution is 7.71. The molecule has 22 heavy (non-hydrogen) atoms. The van der Waals surface area contributed by atoms with E-state index in [-0.39, 0.29) is 0 Å². The van der Waals surface area contributed by atoms with Gasteiger partial charge in [0.1, 0.15) is 11.5 Å². The lowest BCUT2D eigenvalue weighted by atomic mass is 10.3. The Kier molecular flexibility index (Phi) is 3.84. The SMILES string of the molecule is CC(/C=N/n1c(-c2cc(C)[nH]n2)n[nH]c1=S)=C\c1ccco1. The number of allylic oxidation sites excluding steroid dienone is 1. The van der Waals surface area contributed by atoms with E-state index >= 15 is 0 Å². The van der Waals surface area contributed by atoms with Crippen LogP contribution in [0.3, 0.4) is 0 Å². The molecule has 0 aromatic carbocycles. The Morgan fingerprint density at radius 1 is 1.41 bits per heavy atom. The molecular formula is C14H14N6OS. The van der Waals surface area contributed by atoms with Crippen LogP contribution < -0.4 is 0 Å². The van der Waals surface area contributed by atoms with E-state index in [1.807, 2.05) is 38.1 Å². The monoisotopic (exact) mass is 314 g/mol. The van der Waals surface area contributed by atoms with Gasteiger partial charge in [-0.3, -0.25) is 5.10 Å². The number of aromatic nitrogens is 5. The summed E-state index contributed by atoms with van der Waals surface area (Å²) in [6.07, 6.45) is 5.20. The zero-order valence-corrected chi connectivity index (χ0v) is 12.9. The van der Waals surface area contributed by atoms with Crippen molar-refractivity contribution in [3.8, 4) is 11.5 Å². The number of H-pyrrole nitrogens is 2. The molecule has 7 nitrogen and oxygen atoms in total. The Hall–Kier alpha value is -2.74. The predicted octanol–water partition coefficient (Wildman–Crippen LogP) is 3.17. The van der Waals surface area contributed by atoms with E-state index < -0.39 is 0 Å². The highest BCUT2D eigenvalue weighted by Gasteiger charge is 2.10. The van der Waals surface area contributed by atoms with Gasteiger partial charge in [0, 0.05) is 5.69 Å². The van der Waals surface area contributed by atoms with Gasteiger partial charge in [0.15, 0.2) is 0 Å². The van der Waals surface area contributed by atoms with Gasteiger partial charge in [-0.15, -0.1) is 0 Å². The minimum atomic E-state index is 0.401. The van der Waals surface area contributed by atoms with E-state index in [4.69, 9.17) is 16.6 Å². The van der Waals surface area contributed by atoms with Crippen LogP contribution in [0.15, 0.2) is 39.6 Å². The Bertz CT molecular complexity index is 881. The average Bonchev–Trinajstić information content (AvgIpc) is 3.19. The summed E-state index contributed by atoms with van der Waals surface area (Å²) in [5.41, 5.74) is 2.53. The fourth-order valence-corrected chi connectivity index (χ4v) is 2.06. The molecule has 0 saturated carbocycles. The Morgan fingerprint density at radius 3 is 2.95 bits per heavy atom. The summed E-state index contributed by atoms with van der Waals surface area (Å²) >= 11 is 5.20. The summed E-state index contributed by atoms with van der Waals surface area (Å²) in [5, 5.41) is 18.3. The second-order valence-electron chi connectivity index (χ2n) is 4.75. The lowest BCUT2D eigenvalue weighted by molar-refractivity contribution is 0.557. The predicted molar refractivity (Wildman–Crippen MR) is 86.0 cm³/mol. The van der Waals surface area contributed by atoms with E-state index in [2.05, 4.69) is 25.5 Å². The minimum absolute atomic E-state index is 0.401. The van der Waals surface area contributed by atoms with Crippen molar-refractivity contribution in [1.82, 2.24) is 25.1 Å². The van der Waals surface area contributed by atoms with Gasteiger partial charge >= 0.3 is 0 Å². The molecular weight excluding hydrogens is 300 g/mol. The number of rotatable bonds is 4. The lowest BCUT2D eigenvalue weighted by Gasteiger charge is -1.97. The standard InChI is InChI=1S/C14H14N6OS/c1-9(6-11-4-3-5-21-11)8-15-20-13(18-19-14(20)22)12-7-10(2)16-17-12/h3-8H,1-2H3,(H,16,17)(H,19,22)/b9-6+,15-8+. The molecule has 3 aromatic rings. The maximum Gasteiger partial charge on any atom is 0.216 e. The fraction of sp³-hybridized carbons (Fsp3) is 0.143. The zero-order valence-electron chi connectivity index (χ0n) is 12.1. The zero-order chi connectivity index (χ0) is 15.5. The van der Waals surface area contributed by atoms with Crippen molar-refractivity contribution >= 4 is 24.5 Å². The van der Waals surface area contributed by atoms with Gasteiger partial charge in [0.25, 0.3) is 0 Å². The number of furan rings is 1. The number of hydrogen-bond acceptors (Lipinski definition) is 5. The molecule has 8 heteroatoms. The molecule has 0 radical (unpaired) electrons. The molecule has 0 atom stereocenters. The van der Waals surface area contributed by atoms with Crippen LogP contribution in [0.25, 0.3) is 17.6 Å². The summed E-state index contributed by atoms with van der Waals surface area (Å²) in [7, 11) is 0.